The van der Waals surface area contributed by atoms with Gasteiger partial charge in [-0.3, -0.25) is 0 Å². The zero-order chi connectivity index (χ0) is 13.3. The highest BCUT2D eigenvalue weighted by Gasteiger charge is 2.27. The molecule has 1 aliphatic rings. The smallest absolute Gasteiger partial charge is 0.162 e. The molecule has 5 heteroatoms. The van der Waals surface area contributed by atoms with Crippen LogP contribution < -0.4 is 5.32 Å². The van der Waals surface area contributed by atoms with E-state index in [0.717, 1.165) is 39.2 Å². The molecule has 18 heavy (non-hydrogen) atoms. The van der Waals surface area contributed by atoms with Gasteiger partial charge in [-0.2, -0.15) is 0 Å². The van der Waals surface area contributed by atoms with Crippen LogP contribution in [0.2, 0.25) is 0 Å². The average molecular weight is 261 g/mol. The SMILES string of the molecule is COCCOCCCCNC1COC(C)(C)OC1. The third-order valence-electron chi connectivity index (χ3n) is 2.84. The predicted molar refractivity (Wildman–Crippen MR) is 69.7 cm³/mol. The van der Waals surface area contributed by atoms with E-state index in [9.17, 15) is 0 Å². The summed E-state index contributed by atoms with van der Waals surface area (Å²) in [4.78, 5) is 0. The molecule has 0 amide bonds. The Hall–Kier alpha value is -0.200. The number of hydrogen-bond acceptors (Lipinski definition) is 5. The predicted octanol–water partition coefficient (Wildman–Crippen LogP) is 1.17. The number of rotatable bonds is 9. The van der Waals surface area contributed by atoms with E-state index in [4.69, 9.17) is 18.9 Å². The highest BCUT2D eigenvalue weighted by Crippen LogP contribution is 2.16. The van der Waals surface area contributed by atoms with Gasteiger partial charge in [-0.05, 0) is 33.2 Å². The van der Waals surface area contributed by atoms with E-state index >= 15 is 0 Å². The maximum atomic E-state index is 5.58. The van der Waals surface area contributed by atoms with Gasteiger partial charge >= 0.3 is 0 Å². The van der Waals surface area contributed by atoms with Crippen molar-refractivity contribution >= 4 is 0 Å². The molecule has 1 aliphatic heterocycles. The van der Waals surface area contributed by atoms with Crippen LogP contribution in [0.15, 0.2) is 0 Å². The molecule has 1 heterocycles. The molecule has 0 aromatic rings. The van der Waals surface area contributed by atoms with E-state index in [-0.39, 0.29) is 0 Å². The summed E-state index contributed by atoms with van der Waals surface area (Å²) in [6.45, 7) is 8.46. The van der Waals surface area contributed by atoms with Crippen LogP contribution in [0, 0.1) is 0 Å². The molecule has 0 radical (unpaired) electrons. The van der Waals surface area contributed by atoms with E-state index in [1.807, 2.05) is 13.8 Å². The van der Waals surface area contributed by atoms with Gasteiger partial charge in [0.15, 0.2) is 5.79 Å². The maximum absolute atomic E-state index is 5.58. The normalized spacial score (nSPS) is 20.2. The quantitative estimate of drug-likeness (QED) is 0.631. The number of methoxy groups -OCH3 is 1. The molecule has 0 aliphatic carbocycles. The van der Waals surface area contributed by atoms with Gasteiger partial charge in [-0.15, -0.1) is 0 Å². The number of nitrogens with one attached hydrogen (secondary N) is 1. The van der Waals surface area contributed by atoms with Crippen molar-refractivity contribution < 1.29 is 18.9 Å². The van der Waals surface area contributed by atoms with Crippen LogP contribution >= 0.6 is 0 Å². The Morgan fingerprint density at radius 2 is 1.83 bits per heavy atom. The summed E-state index contributed by atoms with van der Waals surface area (Å²) >= 11 is 0. The Bertz CT molecular complexity index is 201. The molecule has 0 spiro atoms. The first kappa shape index (κ1) is 15.9. The standard InChI is InChI=1S/C13H27NO4/c1-13(2)17-10-12(11-18-13)14-6-4-5-7-16-9-8-15-3/h12,14H,4-11H2,1-3H3. The molecule has 0 bridgehead atoms. The van der Waals surface area contributed by atoms with Crippen molar-refractivity contribution in [3.05, 3.63) is 0 Å². The lowest BCUT2D eigenvalue weighted by Crippen LogP contribution is -2.48. The first-order chi connectivity index (χ1) is 8.64. The third kappa shape index (κ3) is 7.28. The van der Waals surface area contributed by atoms with Crippen molar-refractivity contribution in [2.24, 2.45) is 0 Å². The third-order valence-corrected chi connectivity index (χ3v) is 2.84. The van der Waals surface area contributed by atoms with Gasteiger partial charge in [-0.1, -0.05) is 0 Å². The molecule has 1 N–H and O–H groups in total. The summed E-state index contributed by atoms with van der Waals surface area (Å²) in [5.41, 5.74) is 0. The molecule has 1 saturated heterocycles. The van der Waals surface area contributed by atoms with Crippen LogP contribution in [-0.4, -0.2) is 58.5 Å². The largest absolute Gasteiger partial charge is 0.382 e. The van der Waals surface area contributed by atoms with Gasteiger partial charge in [0.1, 0.15) is 0 Å². The van der Waals surface area contributed by atoms with Gasteiger partial charge in [0.05, 0.1) is 32.5 Å². The summed E-state index contributed by atoms with van der Waals surface area (Å²) < 4.78 is 21.4. The summed E-state index contributed by atoms with van der Waals surface area (Å²) in [6.07, 6.45) is 2.17. The second kappa shape index (κ2) is 8.82. The fourth-order valence-electron chi connectivity index (χ4n) is 1.69. The van der Waals surface area contributed by atoms with Crippen molar-refractivity contribution in [2.45, 2.75) is 38.5 Å². The summed E-state index contributed by atoms with van der Waals surface area (Å²) in [6, 6.07) is 0.312. The van der Waals surface area contributed by atoms with Crippen molar-refractivity contribution in [3.63, 3.8) is 0 Å². The van der Waals surface area contributed by atoms with Crippen molar-refractivity contribution in [2.75, 3.05) is 46.7 Å². The van der Waals surface area contributed by atoms with E-state index in [1.54, 1.807) is 7.11 Å². The Kier molecular flexibility index (Phi) is 7.77. The number of unbranched alkanes of at least 4 members (excludes halogenated alkanes) is 1. The van der Waals surface area contributed by atoms with E-state index in [2.05, 4.69) is 5.32 Å². The first-order valence-corrected chi connectivity index (χ1v) is 6.72. The minimum Gasteiger partial charge on any atom is -0.382 e. The molecule has 1 fully saturated rings. The van der Waals surface area contributed by atoms with E-state index < -0.39 is 5.79 Å². The fourth-order valence-corrected chi connectivity index (χ4v) is 1.69. The Morgan fingerprint density at radius 1 is 1.11 bits per heavy atom. The van der Waals surface area contributed by atoms with Crippen LogP contribution in [0.5, 0.6) is 0 Å². The molecule has 1 rings (SSSR count). The fraction of sp³-hybridized carbons (Fsp3) is 1.00. The first-order valence-electron chi connectivity index (χ1n) is 6.72. The second-order valence-electron chi connectivity index (χ2n) is 4.99. The number of ether oxygens (including phenoxy) is 4. The summed E-state index contributed by atoms with van der Waals surface area (Å²) in [5, 5.41) is 3.43. The molecule has 108 valence electrons. The zero-order valence-corrected chi connectivity index (χ0v) is 11.9. The topological polar surface area (TPSA) is 49.0 Å². The minimum absolute atomic E-state index is 0.312. The Morgan fingerprint density at radius 3 is 2.50 bits per heavy atom. The van der Waals surface area contributed by atoms with Gasteiger partial charge in [0.2, 0.25) is 0 Å². The van der Waals surface area contributed by atoms with Gasteiger partial charge in [0.25, 0.3) is 0 Å². The van der Waals surface area contributed by atoms with Gasteiger partial charge in [0, 0.05) is 13.7 Å². The molecular weight excluding hydrogens is 234 g/mol. The van der Waals surface area contributed by atoms with Crippen molar-refractivity contribution in [1.82, 2.24) is 5.32 Å². The highest BCUT2D eigenvalue weighted by molar-refractivity contribution is 4.72. The lowest BCUT2D eigenvalue weighted by molar-refractivity contribution is -0.252. The molecule has 0 aromatic heterocycles. The lowest BCUT2D eigenvalue weighted by Gasteiger charge is -2.35. The van der Waals surface area contributed by atoms with Crippen molar-refractivity contribution in [1.29, 1.82) is 0 Å². The minimum atomic E-state index is -0.423. The van der Waals surface area contributed by atoms with Crippen LogP contribution in [0.3, 0.4) is 0 Å². The summed E-state index contributed by atoms with van der Waals surface area (Å²) in [5.74, 6) is -0.423. The highest BCUT2D eigenvalue weighted by atomic mass is 16.7. The van der Waals surface area contributed by atoms with E-state index in [0.29, 0.717) is 19.3 Å². The van der Waals surface area contributed by atoms with E-state index in [1.165, 1.54) is 0 Å². The molecule has 0 unspecified atom stereocenters. The summed E-state index contributed by atoms with van der Waals surface area (Å²) in [7, 11) is 1.68. The second-order valence-corrected chi connectivity index (χ2v) is 4.99. The lowest BCUT2D eigenvalue weighted by atomic mass is 10.2. The average Bonchev–Trinajstić information content (AvgIpc) is 2.34. The Labute approximate surface area is 110 Å². The van der Waals surface area contributed by atoms with Crippen molar-refractivity contribution in [3.8, 4) is 0 Å². The van der Waals surface area contributed by atoms with Crippen LogP contribution in [0.1, 0.15) is 26.7 Å². The van der Waals surface area contributed by atoms with Crippen LogP contribution in [0.25, 0.3) is 0 Å². The van der Waals surface area contributed by atoms with Crippen LogP contribution in [-0.2, 0) is 18.9 Å². The zero-order valence-electron chi connectivity index (χ0n) is 11.9. The molecular formula is C13H27NO4. The maximum Gasteiger partial charge on any atom is 0.162 e. The molecule has 0 atom stereocenters. The molecule has 0 aromatic carbocycles. The Balaban J connectivity index is 1.87. The molecule has 5 nitrogen and oxygen atoms in total. The monoisotopic (exact) mass is 261 g/mol. The van der Waals surface area contributed by atoms with Gasteiger partial charge < -0.3 is 24.3 Å². The molecule has 0 saturated carbocycles. The number of hydrogen-bond donors (Lipinski definition) is 1. The van der Waals surface area contributed by atoms with Crippen LogP contribution in [0.4, 0.5) is 0 Å². The van der Waals surface area contributed by atoms with Gasteiger partial charge in [-0.25, -0.2) is 0 Å².